The highest BCUT2D eigenvalue weighted by molar-refractivity contribution is 5.95. The molecule has 1 unspecified atom stereocenters. The summed E-state index contributed by atoms with van der Waals surface area (Å²) in [6, 6.07) is 6.57. The van der Waals surface area contributed by atoms with Crippen molar-refractivity contribution in [2.75, 3.05) is 0 Å². The van der Waals surface area contributed by atoms with E-state index in [0.29, 0.717) is 22.8 Å². The number of benzene rings is 1. The van der Waals surface area contributed by atoms with Gasteiger partial charge in [0, 0.05) is 11.1 Å². The van der Waals surface area contributed by atoms with Gasteiger partial charge in [-0.15, -0.1) is 20.4 Å². The van der Waals surface area contributed by atoms with Crippen molar-refractivity contribution in [1.29, 1.82) is 0 Å². The van der Waals surface area contributed by atoms with Crippen LogP contribution in [-0.4, -0.2) is 47.2 Å². The molecule has 3 rings (SSSR count). The standard InChI is InChI=1S/C11H11N9O/c1-6(9-13-17-18-14-9)12-11(21)8-4-2-3-7(5-8)10-15-19-20-16-10/h2-6H,1H3,(H,12,21)(H,13,14,17,18)(H,15,16,19,20). The monoisotopic (exact) mass is 285 g/mol. The molecule has 1 amide bonds. The van der Waals surface area contributed by atoms with Gasteiger partial charge in [-0.25, -0.2) is 0 Å². The van der Waals surface area contributed by atoms with Crippen molar-refractivity contribution in [2.45, 2.75) is 13.0 Å². The molecular formula is C11H11N9O. The summed E-state index contributed by atoms with van der Waals surface area (Å²) in [6.07, 6.45) is 0. The van der Waals surface area contributed by atoms with Crippen molar-refractivity contribution < 1.29 is 4.79 Å². The van der Waals surface area contributed by atoms with Gasteiger partial charge in [0.25, 0.3) is 5.91 Å². The summed E-state index contributed by atoms with van der Waals surface area (Å²) in [5.41, 5.74) is 1.18. The molecule has 21 heavy (non-hydrogen) atoms. The summed E-state index contributed by atoms with van der Waals surface area (Å²) in [4.78, 5) is 12.2. The van der Waals surface area contributed by atoms with Gasteiger partial charge in [-0.05, 0) is 24.3 Å². The smallest absolute Gasteiger partial charge is 0.251 e. The molecule has 0 aliphatic heterocycles. The third-order valence-corrected chi connectivity index (χ3v) is 2.82. The molecule has 0 radical (unpaired) electrons. The second-order valence-corrected chi connectivity index (χ2v) is 4.28. The Morgan fingerprint density at radius 3 is 2.71 bits per heavy atom. The lowest BCUT2D eigenvalue weighted by Gasteiger charge is -2.10. The topological polar surface area (TPSA) is 138 Å². The van der Waals surface area contributed by atoms with E-state index in [-0.39, 0.29) is 11.9 Å². The average Bonchev–Trinajstić information content (AvgIpc) is 3.20. The molecule has 0 aliphatic rings. The summed E-state index contributed by atoms with van der Waals surface area (Å²) < 4.78 is 0. The molecule has 2 heterocycles. The maximum Gasteiger partial charge on any atom is 0.251 e. The lowest BCUT2D eigenvalue weighted by atomic mass is 10.1. The van der Waals surface area contributed by atoms with Crippen LogP contribution >= 0.6 is 0 Å². The summed E-state index contributed by atoms with van der Waals surface area (Å²) in [5.74, 6) is 0.589. The summed E-state index contributed by atoms with van der Waals surface area (Å²) in [5, 5.41) is 29.9. The molecule has 106 valence electrons. The van der Waals surface area contributed by atoms with Gasteiger partial charge in [-0.1, -0.05) is 17.3 Å². The zero-order chi connectivity index (χ0) is 14.7. The van der Waals surface area contributed by atoms with Crippen LogP contribution in [0.1, 0.15) is 29.1 Å². The minimum atomic E-state index is -0.356. The average molecular weight is 285 g/mol. The van der Waals surface area contributed by atoms with Gasteiger partial charge in [0.1, 0.15) is 0 Å². The maximum atomic E-state index is 12.2. The molecule has 2 aromatic heterocycles. The van der Waals surface area contributed by atoms with E-state index in [9.17, 15) is 4.79 Å². The Morgan fingerprint density at radius 1 is 1.19 bits per heavy atom. The Kier molecular flexibility index (Phi) is 3.33. The summed E-state index contributed by atoms with van der Waals surface area (Å²) in [6.45, 7) is 1.77. The third-order valence-electron chi connectivity index (χ3n) is 2.82. The predicted molar refractivity (Wildman–Crippen MR) is 69.7 cm³/mol. The van der Waals surface area contributed by atoms with E-state index in [4.69, 9.17) is 0 Å². The molecule has 10 heteroatoms. The SMILES string of the molecule is CC(NC(=O)c1cccc(-c2nn[nH]n2)c1)c1nn[nH]n1. The van der Waals surface area contributed by atoms with Crippen LogP contribution in [0.15, 0.2) is 24.3 Å². The molecule has 0 bridgehead atoms. The number of carbonyl (C=O) groups excluding carboxylic acids is 1. The number of aromatic amines is 2. The fourth-order valence-corrected chi connectivity index (χ4v) is 1.78. The number of hydrogen-bond acceptors (Lipinski definition) is 7. The van der Waals surface area contributed by atoms with E-state index in [2.05, 4.69) is 46.6 Å². The lowest BCUT2D eigenvalue weighted by Crippen LogP contribution is -2.27. The Hall–Kier alpha value is -3.17. The van der Waals surface area contributed by atoms with Crippen LogP contribution in [0, 0.1) is 0 Å². The Morgan fingerprint density at radius 2 is 2.00 bits per heavy atom. The van der Waals surface area contributed by atoms with Gasteiger partial charge in [-0.2, -0.15) is 10.4 Å². The predicted octanol–water partition coefficient (Wildman–Crippen LogP) is -0.129. The lowest BCUT2D eigenvalue weighted by molar-refractivity contribution is 0.0938. The van der Waals surface area contributed by atoms with Crippen molar-refractivity contribution in [1.82, 2.24) is 46.6 Å². The van der Waals surface area contributed by atoms with E-state index < -0.39 is 0 Å². The van der Waals surface area contributed by atoms with Crippen LogP contribution in [0.25, 0.3) is 11.4 Å². The fraction of sp³-hybridized carbons (Fsp3) is 0.182. The molecule has 1 aromatic carbocycles. The van der Waals surface area contributed by atoms with Gasteiger partial charge in [0.2, 0.25) is 5.82 Å². The van der Waals surface area contributed by atoms with Gasteiger partial charge in [0.15, 0.2) is 5.82 Å². The molecular weight excluding hydrogens is 274 g/mol. The van der Waals surface area contributed by atoms with Crippen LogP contribution in [0.5, 0.6) is 0 Å². The molecule has 0 spiro atoms. The first-order valence-corrected chi connectivity index (χ1v) is 6.12. The molecule has 3 aromatic rings. The minimum Gasteiger partial charge on any atom is -0.342 e. The van der Waals surface area contributed by atoms with Gasteiger partial charge in [0.05, 0.1) is 6.04 Å². The number of H-pyrrole nitrogens is 2. The van der Waals surface area contributed by atoms with Crippen molar-refractivity contribution in [3.63, 3.8) is 0 Å². The highest BCUT2D eigenvalue weighted by Gasteiger charge is 2.15. The van der Waals surface area contributed by atoms with E-state index >= 15 is 0 Å². The van der Waals surface area contributed by atoms with Crippen molar-refractivity contribution in [3.05, 3.63) is 35.7 Å². The largest absolute Gasteiger partial charge is 0.342 e. The highest BCUT2D eigenvalue weighted by Crippen LogP contribution is 2.15. The second kappa shape index (κ2) is 5.45. The van der Waals surface area contributed by atoms with Crippen molar-refractivity contribution >= 4 is 5.91 Å². The molecule has 0 saturated carbocycles. The van der Waals surface area contributed by atoms with E-state index in [1.807, 2.05) is 0 Å². The van der Waals surface area contributed by atoms with Crippen LogP contribution in [0.3, 0.4) is 0 Å². The Labute approximate surface area is 118 Å². The first-order valence-electron chi connectivity index (χ1n) is 6.12. The number of nitrogens with zero attached hydrogens (tertiary/aromatic N) is 6. The van der Waals surface area contributed by atoms with E-state index in [1.54, 1.807) is 31.2 Å². The van der Waals surface area contributed by atoms with E-state index in [0.717, 1.165) is 0 Å². The second-order valence-electron chi connectivity index (χ2n) is 4.28. The number of rotatable bonds is 4. The Balaban J connectivity index is 1.77. The molecule has 0 aliphatic carbocycles. The number of carbonyl (C=O) groups is 1. The summed E-state index contributed by atoms with van der Waals surface area (Å²) in [7, 11) is 0. The van der Waals surface area contributed by atoms with Crippen LogP contribution in [0.2, 0.25) is 0 Å². The highest BCUT2D eigenvalue weighted by atomic mass is 16.1. The molecule has 10 nitrogen and oxygen atoms in total. The van der Waals surface area contributed by atoms with Gasteiger partial charge < -0.3 is 5.32 Å². The quantitative estimate of drug-likeness (QED) is 0.607. The number of tetrazole rings is 2. The maximum absolute atomic E-state index is 12.2. The van der Waals surface area contributed by atoms with Crippen LogP contribution < -0.4 is 5.32 Å². The number of amides is 1. The first kappa shape index (κ1) is 12.8. The zero-order valence-electron chi connectivity index (χ0n) is 11.0. The van der Waals surface area contributed by atoms with Crippen molar-refractivity contribution in [3.8, 4) is 11.4 Å². The number of nitrogens with one attached hydrogen (secondary N) is 3. The Bertz CT molecular complexity index is 722. The fourth-order valence-electron chi connectivity index (χ4n) is 1.78. The van der Waals surface area contributed by atoms with Gasteiger partial charge in [-0.3, -0.25) is 4.79 Å². The molecule has 0 fully saturated rings. The van der Waals surface area contributed by atoms with Crippen molar-refractivity contribution in [2.24, 2.45) is 0 Å². The molecule has 1 atom stereocenters. The van der Waals surface area contributed by atoms with Crippen LogP contribution in [-0.2, 0) is 0 Å². The van der Waals surface area contributed by atoms with Crippen LogP contribution in [0.4, 0.5) is 0 Å². The third kappa shape index (κ3) is 2.73. The zero-order valence-corrected chi connectivity index (χ0v) is 11.0. The normalized spacial score (nSPS) is 12.0. The van der Waals surface area contributed by atoms with Gasteiger partial charge >= 0.3 is 0 Å². The molecule has 0 saturated heterocycles. The molecule has 3 N–H and O–H groups in total. The van der Waals surface area contributed by atoms with E-state index in [1.165, 1.54) is 0 Å². The number of aromatic nitrogens is 8. The minimum absolute atomic E-state index is 0.252. The summed E-state index contributed by atoms with van der Waals surface area (Å²) >= 11 is 0. The number of hydrogen-bond donors (Lipinski definition) is 3. The first-order chi connectivity index (χ1) is 10.2.